The van der Waals surface area contributed by atoms with Crippen molar-refractivity contribution < 1.29 is 183 Å². The van der Waals surface area contributed by atoms with Crippen LogP contribution in [-0.2, 0) is 80.9 Å². The van der Waals surface area contributed by atoms with E-state index < -0.39 is 283 Å². The number of amides is 4. The van der Waals surface area contributed by atoms with Crippen LogP contribution in [0.15, 0.2) is 12.2 Å². The van der Waals surface area contributed by atoms with E-state index in [0.717, 1.165) is 85.0 Å². The van der Waals surface area contributed by atoms with E-state index >= 15 is 0 Å². The predicted molar refractivity (Wildman–Crippen MR) is 452 cm³/mol. The summed E-state index contributed by atoms with van der Waals surface area (Å²) in [6.45, 7) is -0.0443. The van der Waals surface area contributed by atoms with Crippen molar-refractivity contribution in [3.05, 3.63) is 12.2 Å². The SMILES string of the molecule is CCCCCCCCCCCCC/C=C/[C@@H](O)[C@H](CO[C@@H]1OC(CO)[C@@H](O[C@@H]2OC(CO)[C@H](O)[C@H](O[C@]3(C(=O)O)CC(O)[C@@H](NC(C)=O)C([C@H](O)[C@@H](CO)O[C@]4(C(=O)O)CC(O)[C@@H](NC(C)=O)C([C@H](O)[C@@H](CO)O[C@]5(C(=O)O)CC(O)[C@@H](NC(C)=O)C([C@H](O)[C@H](O)CO)O5)O4)O3)C2O)[C@H](O)C1O)NC(=O)CCCCCCCCCCCCCCCCCCCCCCC. The fraction of sp³-hybridized carbons (Fsp3) is 0.897. The molecular weight excluding hydrogens is 1690 g/mol. The van der Waals surface area contributed by atoms with Gasteiger partial charge in [-0.25, -0.2) is 14.4 Å². The van der Waals surface area contributed by atoms with Crippen molar-refractivity contribution in [2.75, 3.05) is 39.6 Å². The topological polar surface area (TPSA) is 665 Å². The van der Waals surface area contributed by atoms with Crippen molar-refractivity contribution in [3.8, 4) is 0 Å². The molecule has 0 saturated carbocycles. The summed E-state index contributed by atoms with van der Waals surface area (Å²) in [7, 11) is 0. The number of allylic oxidation sites excluding steroid dienone is 1. The number of aliphatic carboxylic acids is 3. The minimum Gasteiger partial charge on any atom is -0.477 e. The third kappa shape index (κ3) is 35.0. The molecule has 41 heteroatoms. The summed E-state index contributed by atoms with van der Waals surface area (Å²) in [4.78, 5) is 92.3. The molecule has 30 atom stereocenters. The van der Waals surface area contributed by atoms with Gasteiger partial charge in [0.25, 0.3) is 17.4 Å². The highest BCUT2D eigenvalue weighted by Crippen LogP contribution is 2.43. The first-order valence-corrected chi connectivity index (χ1v) is 46.3. The Morgan fingerprint density at radius 3 is 1.15 bits per heavy atom. The summed E-state index contributed by atoms with van der Waals surface area (Å²) in [5.74, 6) is -20.6. The molecular formula is C87H154N4O37. The highest BCUT2D eigenvalue weighted by Gasteiger charge is 2.64. The van der Waals surface area contributed by atoms with Gasteiger partial charge < -0.3 is 171 Å². The molecule has 5 aliphatic rings. The lowest BCUT2D eigenvalue weighted by molar-refractivity contribution is -0.388. The maximum Gasteiger partial charge on any atom is 0.364 e. The number of ether oxygens (including phenoxy) is 10. The standard InChI is InChI=1S/C87H154N4O37/c1-6-8-10-12-14-16-18-20-21-22-23-24-25-26-27-29-31-33-35-37-39-41-64(105)91-54(55(100)40-38-36-34-32-30-28-19-17-15-13-11-9-7-2)50-119-80-73(111)72(110)75(63(49-96)121-80)122-81-74(112)79(69(107)60(46-93)120-81)128-87(84(117)118)44-58(103)67(90-53(5)99)78(127-87)71(109)62(48-95)124-86(83(115)116)43-57(102)66(89-52(4)98)77(126-86)70(108)61(47-94)123-85(82(113)114)42-56(101)65(88-51(3)97)76(125-85)68(106)59(104)45-92/h38,40,54-63,65-81,92-96,100-104,106-112H,6-37,39,41-50H2,1-5H3,(H,88,97)(H,89,98)(H,90,99)(H,91,105)(H,113,114)(H,115,116)(H,117,118)/b40-38+/t54-,55+,56?,57?,58?,59+,60?,61+,62+,63?,65+,66+,67+,68+,69-,70+,71+,72+,73?,74?,75+,76?,77?,78?,79-,80+,81-,85+,86+,87-/m0/s1. The lowest BCUT2D eigenvalue weighted by Crippen LogP contribution is -2.72. The number of aliphatic hydroxyl groups excluding tert-OH is 17. The van der Waals surface area contributed by atoms with Gasteiger partial charge >= 0.3 is 17.9 Å². The average Bonchev–Trinajstić information content (AvgIpc) is 0.741. The second-order valence-electron chi connectivity index (χ2n) is 35.0. The highest BCUT2D eigenvalue weighted by molar-refractivity contribution is 5.79. The molecule has 0 bridgehead atoms. The monoisotopic (exact) mass is 1850 g/mol. The zero-order valence-electron chi connectivity index (χ0n) is 75.0. The Hall–Kier alpha value is -5.05. The maximum absolute atomic E-state index is 13.8. The largest absolute Gasteiger partial charge is 0.477 e. The van der Waals surface area contributed by atoms with Crippen LogP contribution in [0.5, 0.6) is 0 Å². The Morgan fingerprint density at radius 2 is 0.781 bits per heavy atom. The second-order valence-corrected chi connectivity index (χ2v) is 35.0. The number of unbranched alkanes of at least 4 members (excludes halogenated alkanes) is 31. The quantitative estimate of drug-likeness (QED) is 0.0278. The molecule has 5 aliphatic heterocycles. The number of aliphatic hydroxyl groups is 17. The molecule has 24 N–H and O–H groups in total. The van der Waals surface area contributed by atoms with Gasteiger partial charge in [-0.1, -0.05) is 219 Å². The highest BCUT2D eigenvalue weighted by atomic mass is 16.8. The molecule has 0 spiro atoms. The van der Waals surface area contributed by atoms with Crippen LogP contribution in [0.25, 0.3) is 0 Å². The number of hydrogen-bond acceptors (Lipinski definition) is 34. The van der Waals surface area contributed by atoms with Gasteiger partial charge in [0.1, 0.15) is 104 Å². The number of carbonyl (C=O) groups is 7. The summed E-state index contributed by atoms with van der Waals surface area (Å²) in [6, 6.07) is -7.03. The first-order valence-electron chi connectivity index (χ1n) is 46.3. The average molecular weight is 1850 g/mol. The van der Waals surface area contributed by atoms with Gasteiger partial charge in [-0.05, 0) is 19.3 Å². The maximum atomic E-state index is 13.8. The molecule has 0 aliphatic carbocycles. The van der Waals surface area contributed by atoms with E-state index in [9.17, 15) is 136 Å². The normalized spacial score (nSPS) is 31.8. The van der Waals surface area contributed by atoms with E-state index in [1.165, 1.54) is 141 Å². The Morgan fingerprint density at radius 1 is 0.422 bits per heavy atom. The zero-order valence-corrected chi connectivity index (χ0v) is 75.0. The van der Waals surface area contributed by atoms with E-state index in [2.05, 4.69) is 35.1 Å². The van der Waals surface area contributed by atoms with Gasteiger partial charge in [0.05, 0.1) is 88.2 Å². The Kier molecular flexibility index (Phi) is 52.3. The summed E-state index contributed by atoms with van der Waals surface area (Å²) >= 11 is 0. The van der Waals surface area contributed by atoms with Crippen molar-refractivity contribution in [1.29, 1.82) is 0 Å². The fourth-order valence-electron chi connectivity index (χ4n) is 17.2. The summed E-state index contributed by atoms with van der Waals surface area (Å²) in [5.41, 5.74) is 0. The van der Waals surface area contributed by atoms with Crippen LogP contribution in [0.3, 0.4) is 0 Å². The number of nitrogens with one attached hydrogen (secondary N) is 4. The van der Waals surface area contributed by atoms with Gasteiger partial charge in [-0.2, -0.15) is 0 Å². The second kappa shape index (κ2) is 59.0. The molecule has 744 valence electrons. The molecule has 5 saturated heterocycles. The van der Waals surface area contributed by atoms with Crippen LogP contribution in [0.2, 0.25) is 0 Å². The third-order valence-electron chi connectivity index (χ3n) is 24.5. The van der Waals surface area contributed by atoms with Gasteiger partial charge in [0, 0.05) is 46.5 Å². The number of carboxylic acids is 3. The molecule has 5 rings (SSSR count). The number of carboxylic acid groups (broad SMARTS) is 3. The van der Waals surface area contributed by atoms with Crippen LogP contribution in [-0.4, -0.2) is 366 Å². The first kappa shape index (κ1) is 113. The number of rotatable bonds is 65. The van der Waals surface area contributed by atoms with E-state index in [4.69, 9.17) is 47.4 Å². The van der Waals surface area contributed by atoms with Crippen LogP contribution >= 0.6 is 0 Å². The van der Waals surface area contributed by atoms with Crippen LogP contribution < -0.4 is 21.3 Å². The van der Waals surface area contributed by atoms with E-state index in [-0.39, 0.29) is 6.42 Å². The number of hydrogen-bond donors (Lipinski definition) is 24. The first-order chi connectivity index (χ1) is 61.0. The molecule has 41 nitrogen and oxygen atoms in total. The number of carbonyl (C=O) groups excluding carboxylic acids is 4. The van der Waals surface area contributed by atoms with E-state index in [1.54, 1.807) is 6.08 Å². The van der Waals surface area contributed by atoms with Gasteiger partial charge in [-0.3, -0.25) is 19.2 Å². The molecule has 128 heavy (non-hydrogen) atoms. The van der Waals surface area contributed by atoms with Crippen LogP contribution in [0.4, 0.5) is 0 Å². The van der Waals surface area contributed by atoms with Crippen molar-refractivity contribution in [3.63, 3.8) is 0 Å². The third-order valence-corrected chi connectivity index (χ3v) is 24.5. The molecule has 4 amide bonds. The summed E-state index contributed by atoms with van der Waals surface area (Å²) < 4.78 is 58.3. The molecule has 5 fully saturated rings. The van der Waals surface area contributed by atoms with Gasteiger partial charge in [0.15, 0.2) is 12.6 Å². The lowest BCUT2D eigenvalue weighted by Gasteiger charge is -2.51. The minimum absolute atomic E-state index is 0.123. The Bertz CT molecular complexity index is 3210. The van der Waals surface area contributed by atoms with Crippen molar-refractivity contribution in [2.24, 2.45) is 0 Å². The molecule has 0 aromatic heterocycles. The minimum atomic E-state index is -3.58. The molecule has 10 unspecified atom stereocenters. The lowest BCUT2D eigenvalue weighted by atomic mass is 9.86. The van der Waals surface area contributed by atoms with Crippen molar-refractivity contribution in [2.45, 2.75) is 454 Å². The molecule has 0 aromatic rings. The van der Waals surface area contributed by atoms with Crippen molar-refractivity contribution >= 4 is 41.5 Å². The fourth-order valence-corrected chi connectivity index (χ4v) is 17.2. The Balaban J connectivity index is 1.31. The van der Waals surface area contributed by atoms with E-state index in [1.807, 2.05) is 0 Å². The van der Waals surface area contributed by atoms with Crippen LogP contribution in [0.1, 0.15) is 272 Å². The zero-order chi connectivity index (χ0) is 94.8. The molecule has 5 heterocycles. The van der Waals surface area contributed by atoms with Gasteiger partial charge in [-0.15, -0.1) is 0 Å². The van der Waals surface area contributed by atoms with Crippen LogP contribution in [0, 0.1) is 0 Å². The van der Waals surface area contributed by atoms with E-state index in [0.29, 0.717) is 12.8 Å². The Labute approximate surface area is 749 Å². The predicted octanol–water partition coefficient (Wildman–Crippen LogP) is -0.146. The van der Waals surface area contributed by atoms with Crippen molar-refractivity contribution in [1.82, 2.24) is 21.3 Å². The summed E-state index contributed by atoms with van der Waals surface area (Å²) in [5, 5.41) is 235. The molecule has 0 radical (unpaired) electrons. The molecule has 0 aromatic carbocycles. The van der Waals surface area contributed by atoms with Gasteiger partial charge in [0.2, 0.25) is 23.6 Å². The smallest absolute Gasteiger partial charge is 0.364 e. The summed E-state index contributed by atoms with van der Waals surface area (Å²) in [6.07, 6.45) is -14.2.